The average Bonchev–Trinajstić information content (AvgIpc) is 2.74. The van der Waals surface area contributed by atoms with E-state index in [4.69, 9.17) is 0 Å². The van der Waals surface area contributed by atoms with E-state index in [-0.39, 0.29) is 0 Å². The number of rotatable bonds is 14. The van der Waals surface area contributed by atoms with Gasteiger partial charge in [-0.15, -0.1) is 0 Å². The predicted molar refractivity (Wildman–Crippen MR) is 140 cm³/mol. The number of benzene rings is 2. The van der Waals surface area contributed by atoms with Gasteiger partial charge in [-0.05, 0) is 89.5 Å². The van der Waals surface area contributed by atoms with Crippen molar-refractivity contribution in [1.29, 1.82) is 0 Å². The fourth-order valence-electron chi connectivity index (χ4n) is 5.29. The molecule has 0 radical (unpaired) electrons. The van der Waals surface area contributed by atoms with Gasteiger partial charge in [0.05, 0.1) is 0 Å². The first-order valence-electron chi connectivity index (χ1n) is 13.4. The van der Waals surface area contributed by atoms with Gasteiger partial charge >= 0.3 is 0 Å². The molecule has 0 fully saturated rings. The topological polar surface area (TPSA) is 0 Å². The highest BCUT2D eigenvalue weighted by molar-refractivity contribution is 5.45. The number of hydrogen-bond donors (Lipinski definition) is 0. The Hall–Kier alpha value is -1.56. The van der Waals surface area contributed by atoms with Crippen LogP contribution in [0.3, 0.4) is 0 Å². The molecule has 0 aromatic heterocycles. The maximum Gasteiger partial charge on any atom is -0.00254 e. The van der Waals surface area contributed by atoms with Crippen LogP contribution < -0.4 is 0 Å². The molecule has 2 aromatic carbocycles. The Morgan fingerprint density at radius 1 is 0.387 bits per heavy atom. The zero-order chi connectivity index (χ0) is 22.6. The summed E-state index contributed by atoms with van der Waals surface area (Å²) >= 11 is 0. The molecule has 2 rings (SSSR count). The minimum atomic E-state index is 1.08. The standard InChI is InChI=1S/C31H48/c1-7-13-26-20-24(21-27(14-8-2)30(26)17-11-5)19-25-22-28(15-9-3)31(18-12-6)29(23-25)16-10-4/h20-23H,7-19H2,1-6H3. The Labute approximate surface area is 193 Å². The van der Waals surface area contributed by atoms with E-state index in [1.54, 1.807) is 33.4 Å². The lowest BCUT2D eigenvalue weighted by Gasteiger charge is -2.19. The largest absolute Gasteiger partial charge is 0.0651 e. The molecule has 0 amide bonds. The summed E-state index contributed by atoms with van der Waals surface area (Å²) in [6.07, 6.45) is 15.9. The van der Waals surface area contributed by atoms with E-state index >= 15 is 0 Å². The summed E-state index contributed by atoms with van der Waals surface area (Å²) in [5.74, 6) is 0. The Morgan fingerprint density at radius 3 is 0.871 bits per heavy atom. The van der Waals surface area contributed by atoms with E-state index in [1.807, 2.05) is 0 Å². The Bertz CT molecular complexity index is 674. The molecule has 0 aliphatic rings. The molecular weight excluding hydrogens is 372 g/mol. The van der Waals surface area contributed by atoms with Gasteiger partial charge in [-0.3, -0.25) is 0 Å². The molecule has 0 nitrogen and oxygen atoms in total. The third kappa shape index (κ3) is 7.23. The van der Waals surface area contributed by atoms with Crippen LogP contribution in [0, 0.1) is 0 Å². The van der Waals surface area contributed by atoms with Gasteiger partial charge in [-0.2, -0.15) is 0 Å². The Balaban J connectivity index is 2.50. The summed E-state index contributed by atoms with van der Waals surface area (Å²) in [5, 5.41) is 0. The minimum absolute atomic E-state index is 1.08. The molecule has 0 atom stereocenters. The van der Waals surface area contributed by atoms with Crippen molar-refractivity contribution in [1.82, 2.24) is 0 Å². The summed E-state index contributed by atoms with van der Waals surface area (Å²) in [7, 11) is 0. The predicted octanol–water partition coefficient (Wildman–Crippen LogP) is 8.99. The molecule has 0 saturated heterocycles. The molecule has 172 valence electrons. The van der Waals surface area contributed by atoms with Gasteiger partial charge in [-0.25, -0.2) is 0 Å². The van der Waals surface area contributed by atoms with Gasteiger partial charge in [0, 0.05) is 0 Å². The van der Waals surface area contributed by atoms with Gasteiger partial charge in [0.15, 0.2) is 0 Å². The van der Waals surface area contributed by atoms with E-state index in [2.05, 4.69) is 65.8 Å². The van der Waals surface area contributed by atoms with Crippen molar-refractivity contribution in [2.75, 3.05) is 0 Å². The molecule has 0 aliphatic heterocycles. The molecular formula is C31H48. The van der Waals surface area contributed by atoms with E-state index in [1.165, 1.54) is 88.2 Å². The lowest BCUT2D eigenvalue weighted by molar-refractivity contribution is 0.817. The van der Waals surface area contributed by atoms with Crippen molar-refractivity contribution < 1.29 is 0 Å². The van der Waals surface area contributed by atoms with Crippen LogP contribution in [0.15, 0.2) is 24.3 Å². The van der Waals surface area contributed by atoms with E-state index < -0.39 is 0 Å². The molecule has 0 aliphatic carbocycles. The van der Waals surface area contributed by atoms with Gasteiger partial charge in [0.25, 0.3) is 0 Å². The lowest BCUT2D eigenvalue weighted by atomic mass is 9.86. The normalized spacial score (nSPS) is 11.3. The van der Waals surface area contributed by atoms with Crippen molar-refractivity contribution in [3.63, 3.8) is 0 Å². The second kappa shape index (κ2) is 13.8. The lowest BCUT2D eigenvalue weighted by Crippen LogP contribution is -2.06. The van der Waals surface area contributed by atoms with Crippen LogP contribution in [0.4, 0.5) is 0 Å². The first kappa shape index (κ1) is 25.7. The summed E-state index contributed by atoms with van der Waals surface area (Å²) in [4.78, 5) is 0. The fourth-order valence-corrected chi connectivity index (χ4v) is 5.29. The maximum absolute atomic E-state index is 2.55. The van der Waals surface area contributed by atoms with Crippen molar-refractivity contribution in [3.05, 3.63) is 68.8 Å². The minimum Gasteiger partial charge on any atom is -0.0651 e. The van der Waals surface area contributed by atoms with Gasteiger partial charge < -0.3 is 0 Å². The molecule has 0 heterocycles. The third-order valence-electron chi connectivity index (χ3n) is 6.47. The average molecular weight is 421 g/mol. The monoisotopic (exact) mass is 420 g/mol. The molecule has 0 heteroatoms. The molecule has 0 unspecified atom stereocenters. The van der Waals surface area contributed by atoms with Crippen LogP contribution in [-0.4, -0.2) is 0 Å². The first-order chi connectivity index (χ1) is 15.1. The second-order valence-electron chi connectivity index (χ2n) is 9.46. The number of hydrogen-bond acceptors (Lipinski definition) is 0. The quantitative estimate of drug-likeness (QED) is 0.286. The first-order valence-corrected chi connectivity index (χ1v) is 13.4. The summed E-state index contributed by atoms with van der Waals surface area (Å²) in [5.41, 5.74) is 12.9. The smallest absolute Gasteiger partial charge is 0.00254 e. The van der Waals surface area contributed by atoms with Crippen molar-refractivity contribution >= 4 is 0 Å². The van der Waals surface area contributed by atoms with Crippen LogP contribution >= 0.6 is 0 Å². The third-order valence-corrected chi connectivity index (χ3v) is 6.47. The molecule has 0 N–H and O–H groups in total. The summed E-state index contributed by atoms with van der Waals surface area (Å²) in [6.45, 7) is 13.9. The Kier molecular flexibility index (Phi) is 11.4. The zero-order valence-corrected chi connectivity index (χ0v) is 21.5. The highest BCUT2D eigenvalue weighted by atomic mass is 14.2. The summed E-state index contributed by atoms with van der Waals surface area (Å²) in [6, 6.07) is 10.2. The van der Waals surface area contributed by atoms with Crippen LogP contribution in [-0.2, 0) is 44.9 Å². The van der Waals surface area contributed by atoms with Crippen LogP contribution in [0.2, 0.25) is 0 Å². The van der Waals surface area contributed by atoms with Gasteiger partial charge in [0.2, 0.25) is 0 Å². The van der Waals surface area contributed by atoms with Crippen LogP contribution in [0.25, 0.3) is 0 Å². The molecule has 31 heavy (non-hydrogen) atoms. The molecule has 0 saturated carbocycles. The SMILES string of the molecule is CCCc1cc(Cc2cc(CCC)c(CCC)c(CCC)c2)cc(CCC)c1CCC. The number of aryl methyl sites for hydroxylation is 4. The van der Waals surface area contributed by atoms with Crippen LogP contribution in [0.5, 0.6) is 0 Å². The van der Waals surface area contributed by atoms with Gasteiger partial charge in [0.1, 0.15) is 0 Å². The van der Waals surface area contributed by atoms with Gasteiger partial charge in [-0.1, -0.05) is 104 Å². The van der Waals surface area contributed by atoms with Crippen molar-refractivity contribution in [3.8, 4) is 0 Å². The van der Waals surface area contributed by atoms with Crippen LogP contribution in [0.1, 0.15) is 125 Å². The van der Waals surface area contributed by atoms with Crippen molar-refractivity contribution in [2.24, 2.45) is 0 Å². The highest BCUT2D eigenvalue weighted by Gasteiger charge is 2.13. The fraction of sp³-hybridized carbons (Fsp3) is 0.613. The molecule has 2 aromatic rings. The van der Waals surface area contributed by atoms with Crippen molar-refractivity contribution in [2.45, 2.75) is 125 Å². The molecule has 0 spiro atoms. The van der Waals surface area contributed by atoms with E-state index in [0.717, 1.165) is 6.42 Å². The Morgan fingerprint density at radius 2 is 0.645 bits per heavy atom. The maximum atomic E-state index is 2.55. The second-order valence-corrected chi connectivity index (χ2v) is 9.46. The summed E-state index contributed by atoms with van der Waals surface area (Å²) < 4.78 is 0. The zero-order valence-electron chi connectivity index (χ0n) is 21.5. The highest BCUT2D eigenvalue weighted by Crippen LogP contribution is 2.27. The van der Waals surface area contributed by atoms with E-state index in [9.17, 15) is 0 Å². The molecule has 0 bridgehead atoms. The van der Waals surface area contributed by atoms with E-state index in [0.29, 0.717) is 0 Å².